The molecule has 1 heterocycles. The maximum absolute atomic E-state index is 11.1. The summed E-state index contributed by atoms with van der Waals surface area (Å²) in [7, 11) is 0. The van der Waals surface area contributed by atoms with Crippen LogP contribution in [0.4, 0.5) is 0 Å². The molecule has 1 atom stereocenters. The first-order chi connectivity index (χ1) is 6.20. The van der Waals surface area contributed by atoms with Crippen LogP contribution in [-0.2, 0) is 9.53 Å². The van der Waals surface area contributed by atoms with E-state index >= 15 is 0 Å². The highest BCUT2D eigenvalue weighted by Crippen LogP contribution is 2.23. The first kappa shape index (κ1) is 9.80. The third-order valence-electron chi connectivity index (χ3n) is 1.86. The predicted molar refractivity (Wildman–Crippen MR) is 46.0 cm³/mol. The first-order valence-corrected chi connectivity index (χ1v) is 4.04. The third-order valence-corrected chi connectivity index (χ3v) is 1.86. The van der Waals surface area contributed by atoms with Gasteiger partial charge in [0.15, 0.2) is 0 Å². The van der Waals surface area contributed by atoms with Gasteiger partial charge < -0.3 is 14.9 Å². The maximum atomic E-state index is 11.1. The fraction of sp³-hybridized carbons (Fsp3) is 0.444. The standard InChI is InChI=1S/C9H12O4/c1-2-3-7(11)8-6(4-10)5-13-9(8)12/h2-3,6,10-11H,4-5H2,1H3. The van der Waals surface area contributed by atoms with Crippen LogP contribution >= 0.6 is 0 Å². The van der Waals surface area contributed by atoms with Crippen LogP contribution in [0.3, 0.4) is 0 Å². The summed E-state index contributed by atoms with van der Waals surface area (Å²) in [4.78, 5) is 11.1. The van der Waals surface area contributed by atoms with Gasteiger partial charge in [-0.25, -0.2) is 4.79 Å². The van der Waals surface area contributed by atoms with Crippen LogP contribution in [0.25, 0.3) is 0 Å². The molecule has 1 fully saturated rings. The molecule has 1 saturated heterocycles. The number of carbonyl (C=O) groups is 1. The molecule has 0 aliphatic carbocycles. The van der Waals surface area contributed by atoms with E-state index in [2.05, 4.69) is 4.74 Å². The van der Waals surface area contributed by atoms with Gasteiger partial charge >= 0.3 is 5.97 Å². The van der Waals surface area contributed by atoms with E-state index in [0.717, 1.165) is 0 Å². The molecule has 0 radical (unpaired) electrons. The molecule has 0 aromatic heterocycles. The lowest BCUT2D eigenvalue weighted by Gasteiger charge is -2.03. The molecule has 0 bridgehead atoms. The predicted octanol–water partition coefficient (Wildman–Crippen LogP) is 0.540. The Morgan fingerprint density at radius 2 is 2.46 bits per heavy atom. The zero-order valence-corrected chi connectivity index (χ0v) is 7.36. The lowest BCUT2D eigenvalue weighted by Crippen LogP contribution is -2.10. The second kappa shape index (κ2) is 4.09. The van der Waals surface area contributed by atoms with E-state index in [9.17, 15) is 9.90 Å². The van der Waals surface area contributed by atoms with Crippen LogP contribution in [0.1, 0.15) is 6.92 Å². The third kappa shape index (κ3) is 1.89. The second-order valence-electron chi connectivity index (χ2n) is 2.78. The number of aliphatic hydroxyl groups excluding tert-OH is 2. The minimum absolute atomic E-state index is 0.121. The van der Waals surface area contributed by atoms with Gasteiger partial charge in [0.2, 0.25) is 0 Å². The van der Waals surface area contributed by atoms with E-state index in [-0.39, 0.29) is 24.5 Å². The lowest BCUT2D eigenvalue weighted by atomic mass is 10.0. The van der Waals surface area contributed by atoms with E-state index in [0.29, 0.717) is 0 Å². The Morgan fingerprint density at radius 1 is 1.77 bits per heavy atom. The fourth-order valence-corrected chi connectivity index (χ4v) is 1.21. The van der Waals surface area contributed by atoms with Crippen LogP contribution in [0, 0.1) is 5.92 Å². The highest BCUT2D eigenvalue weighted by molar-refractivity contribution is 5.92. The highest BCUT2D eigenvalue weighted by atomic mass is 16.5. The van der Waals surface area contributed by atoms with Gasteiger partial charge in [-0.3, -0.25) is 0 Å². The summed E-state index contributed by atoms with van der Waals surface area (Å²) < 4.78 is 4.69. The SMILES string of the molecule is CC=CC(O)=C1C(=O)OCC1CO. The molecule has 0 aromatic rings. The van der Waals surface area contributed by atoms with Crippen LogP contribution in [0.15, 0.2) is 23.5 Å². The molecule has 13 heavy (non-hydrogen) atoms. The number of ether oxygens (including phenoxy) is 1. The second-order valence-corrected chi connectivity index (χ2v) is 2.78. The average Bonchev–Trinajstić information content (AvgIpc) is 2.47. The minimum Gasteiger partial charge on any atom is -0.507 e. The van der Waals surface area contributed by atoms with E-state index in [1.165, 1.54) is 6.08 Å². The van der Waals surface area contributed by atoms with Gasteiger partial charge in [0.1, 0.15) is 12.4 Å². The van der Waals surface area contributed by atoms with E-state index in [4.69, 9.17) is 5.11 Å². The van der Waals surface area contributed by atoms with Crippen LogP contribution in [0.5, 0.6) is 0 Å². The topological polar surface area (TPSA) is 66.8 Å². The van der Waals surface area contributed by atoms with Gasteiger partial charge in [0.05, 0.1) is 18.1 Å². The fourth-order valence-electron chi connectivity index (χ4n) is 1.21. The summed E-state index contributed by atoms with van der Waals surface area (Å²) in [6.07, 6.45) is 3.02. The number of rotatable bonds is 2. The Labute approximate surface area is 76.1 Å². The van der Waals surface area contributed by atoms with Crippen LogP contribution in [-0.4, -0.2) is 29.4 Å². The quantitative estimate of drug-likeness (QED) is 0.373. The molecule has 0 amide bonds. The summed E-state index contributed by atoms with van der Waals surface area (Å²) in [5.41, 5.74) is 0.167. The van der Waals surface area contributed by atoms with Crippen molar-refractivity contribution in [2.45, 2.75) is 6.92 Å². The number of hydrogen-bond acceptors (Lipinski definition) is 4. The first-order valence-electron chi connectivity index (χ1n) is 4.04. The average molecular weight is 184 g/mol. The van der Waals surface area contributed by atoms with Crippen molar-refractivity contribution in [3.05, 3.63) is 23.5 Å². The van der Waals surface area contributed by atoms with Crippen molar-refractivity contribution < 1.29 is 19.7 Å². The zero-order valence-electron chi connectivity index (χ0n) is 7.36. The van der Waals surface area contributed by atoms with Crippen molar-refractivity contribution in [1.82, 2.24) is 0 Å². The highest BCUT2D eigenvalue weighted by Gasteiger charge is 2.32. The molecular formula is C9H12O4. The van der Waals surface area contributed by atoms with Gasteiger partial charge in [-0.1, -0.05) is 6.08 Å². The van der Waals surface area contributed by atoms with Crippen LogP contribution in [0.2, 0.25) is 0 Å². The smallest absolute Gasteiger partial charge is 0.338 e. The molecule has 1 unspecified atom stereocenters. The van der Waals surface area contributed by atoms with Crippen molar-refractivity contribution in [2.24, 2.45) is 5.92 Å². The molecule has 0 aromatic carbocycles. The van der Waals surface area contributed by atoms with Gasteiger partial charge in [0, 0.05) is 0 Å². The van der Waals surface area contributed by atoms with E-state index in [1.807, 2.05) is 0 Å². The molecule has 0 saturated carbocycles. The van der Waals surface area contributed by atoms with Crippen molar-refractivity contribution in [3.8, 4) is 0 Å². The Hall–Kier alpha value is -1.29. The molecule has 2 N–H and O–H groups in total. The van der Waals surface area contributed by atoms with Crippen LogP contribution < -0.4 is 0 Å². The zero-order chi connectivity index (χ0) is 9.84. The number of esters is 1. The number of allylic oxidation sites excluding steroid dienone is 2. The Kier molecular flexibility index (Phi) is 3.08. The van der Waals surface area contributed by atoms with Gasteiger partial charge in [-0.05, 0) is 13.0 Å². The summed E-state index contributed by atoms with van der Waals surface area (Å²) in [5, 5.41) is 18.3. The number of cyclic esters (lactones) is 1. The van der Waals surface area contributed by atoms with Gasteiger partial charge in [-0.15, -0.1) is 0 Å². The maximum Gasteiger partial charge on any atom is 0.338 e. The normalized spacial score (nSPS) is 26.6. The lowest BCUT2D eigenvalue weighted by molar-refractivity contribution is -0.135. The molecule has 1 aliphatic heterocycles. The molecular weight excluding hydrogens is 172 g/mol. The number of carbonyl (C=O) groups excluding carboxylic acids is 1. The molecule has 4 heteroatoms. The van der Waals surface area contributed by atoms with E-state index < -0.39 is 11.9 Å². The summed E-state index contributed by atoms with van der Waals surface area (Å²) in [6.45, 7) is 1.68. The molecule has 1 aliphatic rings. The molecule has 0 spiro atoms. The largest absolute Gasteiger partial charge is 0.507 e. The van der Waals surface area contributed by atoms with E-state index in [1.54, 1.807) is 13.0 Å². The monoisotopic (exact) mass is 184 g/mol. The minimum atomic E-state index is -0.547. The Morgan fingerprint density at radius 3 is 3.00 bits per heavy atom. The van der Waals surface area contributed by atoms with Gasteiger partial charge in [0.25, 0.3) is 0 Å². The Balaban J connectivity index is 2.97. The van der Waals surface area contributed by atoms with Crippen molar-refractivity contribution >= 4 is 5.97 Å². The number of hydrogen-bond donors (Lipinski definition) is 2. The molecule has 72 valence electrons. The Bertz CT molecular complexity index is 265. The van der Waals surface area contributed by atoms with Crippen molar-refractivity contribution in [2.75, 3.05) is 13.2 Å². The van der Waals surface area contributed by atoms with Gasteiger partial charge in [-0.2, -0.15) is 0 Å². The number of aliphatic hydroxyl groups is 2. The molecule has 4 nitrogen and oxygen atoms in total. The van der Waals surface area contributed by atoms with Crippen molar-refractivity contribution in [1.29, 1.82) is 0 Å². The molecule has 1 rings (SSSR count). The summed E-state index contributed by atoms with van der Waals surface area (Å²) in [6, 6.07) is 0. The summed E-state index contributed by atoms with van der Waals surface area (Å²) in [5.74, 6) is -1.07. The summed E-state index contributed by atoms with van der Waals surface area (Å²) >= 11 is 0. The van der Waals surface area contributed by atoms with Crippen molar-refractivity contribution in [3.63, 3.8) is 0 Å².